The molecular formula is C24H20Cl3NOS. The summed E-state index contributed by atoms with van der Waals surface area (Å²) in [6, 6.07) is 22.5. The van der Waals surface area contributed by atoms with Crippen LogP contribution in [0.15, 0.2) is 72.8 Å². The number of hydrogen-bond acceptors (Lipinski definition) is 2. The van der Waals surface area contributed by atoms with Crippen LogP contribution >= 0.6 is 46.6 Å². The Bertz CT molecular complexity index is 1020. The van der Waals surface area contributed by atoms with Gasteiger partial charge >= 0.3 is 0 Å². The van der Waals surface area contributed by atoms with Gasteiger partial charge in [-0.3, -0.25) is 4.79 Å². The van der Waals surface area contributed by atoms with Gasteiger partial charge < -0.3 is 5.32 Å². The first-order valence-electron chi connectivity index (χ1n) is 9.36. The number of amides is 1. The number of nitrogens with one attached hydrogen (secondary N) is 1. The highest BCUT2D eigenvalue weighted by Gasteiger charge is 2.13. The van der Waals surface area contributed by atoms with Crippen molar-refractivity contribution in [3.63, 3.8) is 0 Å². The molecule has 6 heteroatoms. The highest BCUT2D eigenvalue weighted by Crippen LogP contribution is 2.28. The van der Waals surface area contributed by atoms with E-state index in [4.69, 9.17) is 34.8 Å². The standard InChI is InChI=1S/C24H20Cl3NOS/c25-21-10-5-4-9-18(21)15-19(17-7-2-1-3-8-17)24(29)28-13-14-30-16-20-22(26)11-6-12-23(20)27/h1-12,15H,13-14,16H2,(H,28,29)/b19-15+. The zero-order valence-corrected chi connectivity index (χ0v) is 19.2. The van der Waals surface area contributed by atoms with E-state index in [0.717, 1.165) is 22.4 Å². The predicted octanol–water partition coefficient (Wildman–Crippen LogP) is 7.24. The molecule has 0 bridgehead atoms. The summed E-state index contributed by atoms with van der Waals surface area (Å²) < 4.78 is 0. The van der Waals surface area contributed by atoms with E-state index in [9.17, 15) is 4.79 Å². The van der Waals surface area contributed by atoms with E-state index in [1.54, 1.807) is 11.8 Å². The van der Waals surface area contributed by atoms with Crippen LogP contribution in [0, 0.1) is 0 Å². The lowest BCUT2D eigenvalue weighted by Crippen LogP contribution is -2.26. The second-order valence-corrected chi connectivity index (χ2v) is 8.78. The van der Waals surface area contributed by atoms with Gasteiger partial charge in [0.25, 0.3) is 5.91 Å². The number of halogens is 3. The zero-order valence-electron chi connectivity index (χ0n) is 16.1. The van der Waals surface area contributed by atoms with Crippen LogP contribution in [0.5, 0.6) is 0 Å². The summed E-state index contributed by atoms with van der Waals surface area (Å²) in [5, 5.41) is 4.92. The Morgan fingerprint density at radius 3 is 2.17 bits per heavy atom. The summed E-state index contributed by atoms with van der Waals surface area (Å²) >= 11 is 20.4. The minimum atomic E-state index is -0.141. The molecule has 0 saturated carbocycles. The largest absolute Gasteiger partial charge is 0.351 e. The minimum Gasteiger partial charge on any atom is -0.351 e. The highest BCUT2D eigenvalue weighted by atomic mass is 35.5. The Kier molecular flexibility index (Phi) is 8.71. The van der Waals surface area contributed by atoms with Gasteiger partial charge in [-0.05, 0) is 41.0 Å². The van der Waals surface area contributed by atoms with E-state index in [-0.39, 0.29) is 5.91 Å². The summed E-state index contributed by atoms with van der Waals surface area (Å²) in [5.41, 5.74) is 3.13. The van der Waals surface area contributed by atoms with Crippen LogP contribution in [-0.2, 0) is 10.5 Å². The van der Waals surface area contributed by atoms with Crippen LogP contribution in [0.25, 0.3) is 11.6 Å². The fourth-order valence-corrected chi connectivity index (χ4v) is 4.61. The Labute approximate surface area is 196 Å². The van der Waals surface area contributed by atoms with Crippen LogP contribution in [-0.4, -0.2) is 18.2 Å². The van der Waals surface area contributed by atoms with E-state index in [1.807, 2.05) is 78.9 Å². The van der Waals surface area contributed by atoms with Gasteiger partial charge in [0.05, 0.1) is 0 Å². The van der Waals surface area contributed by atoms with E-state index >= 15 is 0 Å². The molecule has 0 radical (unpaired) electrons. The van der Waals surface area contributed by atoms with Crippen molar-refractivity contribution in [3.8, 4) is 0 Å². The Morgan fingerprint density at radius 2 is 1.47 bits per heavy atom. The van der Waals surface area contributed by atoms with E-state index < -0.39 is 0 Å². The second kappa shape index (κ2) is 11.5. The molecule has 154 valence electrons. The molecule has 0 aromatic heterocycles. The molecule has 0 heterocycles. The third kappa shape index (κ3) is 6.29. The number of carbonyl (C=O) groups is 1. The maximum Gasteiger partial charge on any atom is 0.251 e. The number of rotatable bonds is 8. The normalized spacial score (nSPS) is 11.4. The second-order valence-electron chi connectivity index (χ2n) is 6.45. The molecule has 0 spiro atoms. The number of benzene rings is 3. The molecule has 3 aromatic carbocycles. The van der Waals surface area contributed by atoms with E-state index in [0.29, 0.717) is 32.9 Å². The van der Waals surface area contributed by atoms with Crippen LogP contribution < -0.4 is 5.32 Å². The molecule has 3 aromatic rings. The van der Waals surface area contributed by atoms with Gasteiger partial charge in [0.15, 0.2) is 0 Å². The Hall–Kier alpha value is -1.91. The van der Waals surface area contributed by atoms with Crippen molar-refractivity contribution in [2.45, 2.75) is 5.75 Å². The Balaban J connectivity index is 1.64. The van der Waals surface area contributed by atoms with Gasteiger partial charge in [0.2, 0.25) is 0 Å². The molecule has 0 aliphatic rings. The van der Waals surface area contributed by atoms with Gasteiger partial charge in [-0.2, -0.15) is 11.8 Å². The van der Waals surface area contributed by atoms with Crippen molar-refractivity contribution >= 4 is 64.1 Å². The van der Waals surface area contributed by atoms with Crippen molar-refractivity contribution in [1.82, 2.24) is 5.32 Å². The maximum absolute atomic E-state index is 12.9. The number of thioether (sulfide) groups is 1. The summed E-state index contributed by atoms with van der Waals surface area (Å²) in [7, 11) is 0. The maximum atomic E-state index is 12.9. The first-order chi connectivity index (χ1) is 14.6. The summed E-state index contributed by atoms with van der Waals surface area (Å²) in [6.07, 6.45) is 1.82. The Morgan fingerprint density at radius 1 is 0.833 bits per heavy atom. The molecule has 30 heavy (non-hydrogen) atoms. The summed E-state index contributed by atoms with van der Waals surface area (Å²) in [5.74, 6) is 1.29. The average molecular weight is 477 g/mol. The third-order valence-corrected chi connectivity index (χ3v) is 6.41. The number of hydrogen-bond donors (Lipinski definition) is 1. The quantitative estimate of drug-likeness (QED) is 0.211. The SMILES string of the molecule is O=C(NCCSCc1c(Cl)cccc1Cl)/C(=C/c1ccccc1Cl)c1ccccc1. The van der Waals surface area contributed by atoms with Crippen LogP contribution in [0.2, 0.25) is 15.1 Å². The first kappa shape index (κ1) is 22.8. The van der Waals surface area contributed by atoms with Crippen LogP contribution in [0.1, 0.15) is 16.7 Å². The molecule has 0 fully saturated rings. The molecule has 1 amide bonds. The van der Waals surface area contributed by atoms with Crippen molar-refractivity contribution in [3.05, 3.63) is 105 Å². The fourth-order valence-electron chi connectivity index (χ4n) is 2.82. The van der Waals surface area contributed by atoms with Gasteiger partial charge in [-0.25, -0.2) is 0 Å². The monoisotopic (exact) mass is 475 g/mol. The third-order valence-electron chi connectivity index (χ3n) is 4.37. The molecule has 3 rings (SSSR count). The summed E-state index contributed by atoms with van der Waals surface area (Å²) in [6.45, 7) is 0.526. The molecule has 0 unspecified atom stereocenters. The van der Waals surface area contributed by atoms with Gasteiger partial charge in [0, 0.05) is 38.7 Å². The molecule has 0 atom stereocenters. The van der Waals surface area contributed by atoms with E-state index in [2.05, 4.69) is 5.32 Å². The topological polar surface area (TPSA) is 29.1 Å². The molecule has 0 aliphatic heterocycles. The molecular weight excluding hydrogens is 457 g/mol. The molecule has 2 nitrogen and oxygen atoms in total. The van der Waals surface area contributed by atoms with Crippen molar-refractivity contribution in [2.75, 3.05) is 12.3 Å². The van der Waals surface area contributed by atoms with Crippen LogP contribution in [0.4, 0.5) is 0 Å². The lowest BCUT2D eigenvalue weighted by molar-refractivity contribution is -0.115. The lowest BCUT2D eigenvalue weighted by atomic mass is 10.0. The minimum absolute atomic E-state index is 0.141. The van der Waals surface area contributed by atoms with Crippen molar-refractivity contribution in [2.24, 2.45) is 0 Å². The lowest BCUT2D eigenvalue weighted by Gasteiger charge is -2.11. The molecule has 0 saturated heterocycles. The smallest absolute Gasteiger partial charge is 0.251 e. The van der Waals surface area contributed by atoms with Gasteiger partial charge in [-0.1, -0.05) is 89.4 Å². The molecule has 0 aliphatic carbocycles. The van der Waals surface area contributed by atoms with Crippen molar-refractivity contribution < 1.29 is 4.79 Å². The predicted molar refractivity (Wildman–Crippen MR) is 131 cm³/mol. The average Bonchev–Trinajstić information content (AvgIpc) is 2.75. The van der Waals surface area contributed by atoms with E-state index in [1.165, 1.54) is 0 Å². The van der Waals surface area contributed by atoms with Crippen molar-refractivity contribution in [1.29, 1.82) is 0 Å². The van der Waals surface area contributed by atoms with Gasteiger partial charge in [0.1, 0.15) is 0 Å². The molecule has 1 N–H and O–H groups in total. The highest BCUT2D eigenvalue weighted by molar-refractivity contribution is 7.98. The van der Waals surface area contributed by atoms with Gasteiger partial charge in [-0.15, -0.1) is 0 Å². The fraction of sp³-hybridized carbons (Fsp3) is 0.125. The number of carbonyl (C=O) groups excluding carboxylic acids is 1. The zero-order chi connectivity index (χ0) is 21.3. The van der Waals surface area contributed by atoms with Crippen LogP contribution in [0.3, 0.4) is 0 Å². The summed E-state index contributed by atoms with van der Waals surface area (Å²) in [4.78, 5) is 12.9. The first-order valence-corrected chi connectivity index (χ1v) is 11.7.